The molecule has 0 spiro atoms. The molecule has 2 N–H and O–H groups in total. The van der Waals surface area contributed by atoms with E-state index in [1.165, 1.54) is 0 Å². The second-order valence-electron chi connectivity index (χ2n) is 7.43. The Morgan fingerprint density at radius 3 is 2.47 bits per heavy atom. The number of pyridine rings is 1. The number of carbonyl (C=O) groups excluding carboxylic acids is 2. The molecule has 158 valence electrons. The van der Waals surface area contributed by atoms with Crippen LogP contribution in [0.5, 0.6) is 5.75 Å². The highest BCUT2D eigenvalue weighted by molar-refractivity contribution is 6.19. The minimum Gasteiger partial charge on any atom is -0.489 e. The van der Waals surface area contributed by atoms with Crippen LogP contribution in [0.15, 0.2) is 78.9 Å². The Morgan fingerprint density at radius 2 is 1.72 bits per heavy atom. The number of fused-ring (bicyclic) bond motifs is 3. The summed E-state index contributed by atoms with van der Waals surface area (Å²) in [6.45, 7) is 0.630. The third kappa shape index (κ3) is 3.44. The molecule has 0 aliphatic carbocycles. The molecule has 7 heteroatoms. The lowest BCUT2D eigenvalue weighted by Gasteiger charge is -2.16. The monoisotopic (exact) mass is 425 g/mol. The quantitative estimate of drug-likeness (QED) is 0.371. The minimum absolute atomic E-state index is 0.0415. The van der Waals surface area contributed by atoms with Gasteiger partial charge in [0.1, 0.15) is 18.1 Å². The zero-order chi connectivity index (χ0) is 22.1. The number of amides is 2. The van der Waals surface area contributed by atoms with Crippen LogP contribution in [0.2, 0.25) is 0 Å². The van der Waals surface area contributed by atoms with Gasteiger partial charge in [-0.15, -0.1) is 0 Å². The van der Waals surface area contributed by atoms with Crippen molar-refractivity contribution in [2.24, 2.45) is 0 Å². The molecule has 4 aromatic rings. The number of nitrogens with one attached hydrogen (secondary N) is 1. The Morgan fingerprint density at radius 1 is 1.00 bits per heavy atom. The molecule has 0 bridgehead atoms. The Bertz CT molecular complexity index is 1320. The summed E-state index contributed by atoms with van der Waals surface area (Å²) >= 11 is 0. The largest absolute Gasteiger partial charge is 0.489 e. The first-order valence-electron chi connectivity index (χ1n) is 10.1. The van der Waals surface area contributed by atoms with E-state index in [4.69, 9.17) is 9.94 Å². The first-order chi connectivity index (χ1) is 15.7. The van der Waals surface area contributed by atoms with Crippen molar-refractivity contribution in [1.29, 1.82) is 0 Å². The van der Waals surface area contributed by atoms with Crippen LogP contribution in [-0.2, 0) is 13.2 Å². The first kappa shape index (κ1) is 19.7. The summed E-state index contributed by atoms with van der Waals surface area (Å²) in [5, 5.41) is 9.83. The van der Waals surface area contributed by atoms with Gasteiger partial charge in [-0.05, 0) is 35.9 Å². The van der Waals surface area contributed by atoms with E-state index in [9.17, 15) is 9.59 Å². The standard InChI is InChI=1S/C25H19N3O4/c29-24(27-31)23-20-14-28(25(30)22(20)19-8-4-5-9-21(19)26-23)17-10-12-18(13-11-17)32-15-16-6-2-1-3-7-16/h1-13,31H,14-15H2,(H,27,29). The predicted molar refractivity (Wildman–Crippen MR) is 119 cm³/mol. The van der Waals surface area contributed by atoms with Gasteiger partial charge in [0.25, 0.3) is 11.8 Å². The fourth-order valence-corrected chi connectivity index (χ4v) is 3.93. The Labute approximate surface area is 183 Å². The molecule has 0 unspecified atom stereocenters. The number of hydrogen-bond donors (Lipinski definition) is 2. The number of benzene rings is 3. The fraction of sp³-hybridized carbons (Fsp3) is 0.0800. The lowest BCUT2D eigenvalue weighted by atomic mass is 10.0. The average molecular weight is 425 g/mol. The molecule has 32 heavy (non-hydrogen) atoms. The number of rotatable bonds is 5. The molecular formula is C25H19N3O4. The number of hydroxylamine groups is 1. The van der Waals surface area contributed by atoms with Crippen molar-refractivity contribution in [3.05, 3.63) is 101 Å². The van der Waals surface area contributed by atoms with Crippen LogP contribution in [0.25, 0.3) is 10.9 Å². The SMILES string of the molecule is O=C(NO)c1nc2ccccc2c2c1CN(c1ccc(OCc3ccccc3)cc1)C2=O. The number of para-hydroxylation sites is 1. The van der Waals surface area contributed by atoms with E-state index in [-0.39, 0.29) is 18.1 Å². The van der Waals surface area contributed by atoms with Crippen LogP contribution in [0.3, 0.4) is 0 Å². The summed E-state index contributed by atoms with van der Waals surface area (Å²) in [5.74, 6) is -0.274. The van der Waals surface area contributed by atoms with Gasteiger partial charge in [-0.3, -0.25) is 14.8 Å². The molecule has 0 fully saturated rings. The zero-order valence-electron chi connectivity index (χ0n) is 17.0. The van der Waals surface area contributed by atoms with E-state index >= 15 is 0 Å². The minimum atomic E-state index is -0.744. The van der Waals surface area contributed by atoms with Crippen LogP contribution in [0.4, 0.5) is 5.69 Å². The van der Waals surface area contributed by atoms with E-state index in [0.29, 0.717) is 40.1 Å². The van der Waals surface area contributed by atoms with Crippen molar-refractivity contribution in [1.82, 2.24) is 10.5 Å². The van der Waals surface area contributed by atoms with Gasteiger partial charge in [0.15, 0.2) is 0 Å². The second-order valence-corrected chi connectivity index (χ2v) is 7.43. The van der Waals surface area contributed by atoms with Gasteiger partial charge in [-0.2, -0.15) is 0 Å². The lowest BCUT2D eigenvalue weighted by Crippen LogP contribution is -2.23. The van der Waals surface area contributed by atoms with Crippen LogP contribution in [0.1, 0.15) is 32.0 Å². The van der Waals surface area contributed by atoms with Crippen molar-refractivity contribution >= 4 is 28.4 Å². The van der Waals surface area contributed by atoms with Gasteiger partial charge in [0.2, 0.25) is 0 Å². The molecule has 0 saturated carbocycles. The average Bonchev–Trinajstić information content (AvgIpc) is 3.20. The van der Waals surface area contributed by atoms with Crippen LogP contribution in [-0.4, -0.2) is 22.0 Å². The van der Waals surface area contributed by atoms with Crippen molar-refractivity contribution < 1.29 is 19.5 Å². The molecule has 1 aliphatic rings. The predicted octanol–water partition coefficient (Wildman–Crippen LogP) is 4.09. The summed E-state index contributed by atoms with van der Waals surface area (Å²) in [6, 6.07) is 24.3. The van der Waals surface area contributed by atoms with Crippen molar-refractivity contribution in [3.63, 3.8) is 0 Å². The first-order valence-corrected chi connectivity index (χ1v) is 10.1. The molecule has 0 saturated heterocycles. The molecule has 1 aliphatic heterocycles. The smallest absolute Gasteiger partial charge is 0.293 e. The summed E-state index contributed by atoms with van der Waals surface area (Å²) < 4.78 is 5.83. The summed E-state index contributed by atoms with van der Waals surface area (Å²) in [4.78, 5) is 31.5. The molecule has 2 amide bonds. The summed E-state index contributed by atoms with van der Waals surface area (Å²) in [6.07, 6.45) is 0. The second kappa shape index (κ2) is 8.13. The van der Waals surface area contributed by atoms with Crippen LogP contribution >= 0.6 is 0 Å². The highest BCUT2D eigenvalue weighted by Gasteiger charge is 2.35. The Kier molecular flexibility index (Phi) is 5.01. The maximum Gasteiger partial charge on any atom is 0.293 e. The highest BCUT2D eigenvalue weighted by atomic mass is 16.5. The van der Waals surface area contributed by atoms with E-state index in [1.54, 1.807) is 22.5 Å². The highest BCUT2D eigenvalue weighted by Crippen LogP contribution is 2.35. The number of hydrogen-bond acceptors (Lipinski definition) is 5. The maximum absolute atomic E-state index is 13.3. The number of ether oxygens (including phenoxy) is 1. The third-order valence-corrected chi connectivity index (χ3v) is 5.48. The van der Waals surface area contributed by atoms with E-state index < -0.39 is 5.91 Å². The van der Waals surface area contributed by atoms with Crippen molar-refractivity contribution in [3.8, 4) is 5.75 Å². The number of aromatic nitrogens is 1. The Hall–Kier alpha value is -4.23. The van der Waals surface area contributed by atoms with Gasteiger partial charge in [-0.25, -0.2) is 10.5 Å². The molecule has 5 rings (SSSR count). The molecular weight excluding hydrogens is 406 g/mol. The molecule has 2 heterocycles. The van der Waals surface area contributed by atoms with Crippen molar-refractivity contribution in [2.45, 2.75) is 13.2 Å². The van der Waals surface area contributed by atoms with Crippen LogP contribution < -0.4 is 15.1 Å². The van der Waals surface area contributed by atoms with Gasteiger partial charge >= 0.3 is 0 Å². The summed E-state index contributed by atoms with van der Waals surface area (Å²) in [7, 11) is 0. The number of anilines is 1. The third-order valence-electron chi connectivity index (χ3n) is 5.48. The zero-order valence-corrected chi connectivity index (χ0v) is 17.0. The molecule has 0 radical (unpaired) electrons. The molecule has 1 aromatic heterocycles. The van der Waals surface area contributed by atoms with Crippen LogP contribution in [0, 0.1) is 0 Å². The fourth-order valence-electron chi connectivity index (χ4n) is 3.93. The van der Waals surface area contributed by atoms with E-state index in [1.807, 2.05) is 66.7 Å². The van der Waals surface area contributed by atoms with Gasteiger partial charge in [0.05, 0.1) is 17.6 Å². The van der Waals surface area contributed by atoms with Gasteiger partial charge < -0.3 is 9.64 Å². The molecule has 0 atom stereocenters. The van der Waals surface area contributed by atoms with Gasteiger partial charge in [0, 0.05) is 16.6 Å². The lowest BCUT2D eigenvalue weighted by molar-refractivity contribution is 0.0700. The molecule has 7 nitrogen and oxygen atoms in total. The maximum atomic E-state index is 13.3. The van der Waals surface area contributed by atoms with E-state index in [0.717, 1.165) is 5.56 Å². The summed E-state index contributed by atoms with van der Waals surface area (Å²) in [5.41, 5.74) is 4.86. The van der Waals surface area contributed by atoms with Crippen molar-refractivity contribution in [2.75, 3.05) is 4.90 Å². The normalized spacial score (nSPS) is 12.7. The van der Waals surface area contributed by atoms with Gasteiger partial charge in [-0.1, -0.05) is 48.5 Å². The topological polar surface area (TPSA) is 91.8 Å². The number of carbonyl (C=O) groups is 2. The number of nitrogens with zero attached hydrogens (tertiary/aromatic N) is 2. The molecule has 3 aromatic carbocycles. The van der Waals surface area contributed by atoms with E-state index in [2.05, 4.69) is 4.98 Å². The Balaban J connectivity index is 1.44.